The van der Waals surface area contributed by atoms with Gasteiger partial charge in [-0.2, -0.15) is 0 Å². The van der Waals surface area contributed by atoms with Gasteiger partial charge in [-0.05, 0) is 30.7 Å². The van der Waals surface area contributed by atoms with E-state index in [1.807, 2.05) is 43.3 Å². The summed E-state index contributed by atoms with van der Waals surface area (Å²) in [7, 11) is 3.15. The number of anilines is 1. The third-order valence-corrected chi connectivity index (χ3v) is 3.81. The Balaban J connectivity index is 2.18. The molecular formula is C19H24N2O4. The van der Waals surface area contributed by atoms with Crippen LogP contribution in [0.3, 0.4) is 0 Å². The molecular weight excluding hydrogens is 320 g/mol. The number of aryl methyl sites for hydroxylation is 1. The van der Waals surface area contributed by atoms with Gasteiger partial charge in [0.2, 0.25) is 0 Å². The van der Waals surface area contributed by atoms with Gasteiger partial charge in [-0.15, -0.1) is 0 Å². The number of benzene rings is 2. The summed E-state index contributed by atoms with van der Waals surface area (Å²) in [6.07, 6.45) is 0. The van der Waals surface area contributed by atoms with Crippen molar-refractivity contribution in [3.8, 4) is 11.5 Å². The number of methoxy groups -OCH3 is 2. The molecule has 0 saturated heterocycles. The van der Waals surface area contributed by atoms with Crippen LogP contribution in [0, 0.1) is 6.92 Å². The average molecular weight is 344 g/mol. The Bertz CT molecular complexity index is 718. The molecule has 0 aliphatic carbocycles. The van der Waals surface area contributed by atoms with Crippen molar-refractivity contribution in [3.05, 3.63) is 53.6 Å². The highest BCUT2D eigenvalue weighted by Gasteiger charge is 2.17. The lowest BCUT2D eigenvalue weighted by Gasteiger charge is -2.24. The maximum atomic E-state index is 12.7. The molecule has 0 radical (unpaired) electrons. The maximum Gasteiger partial charge on any atom is 0.322 e. The molecule has 2 aromatic rings. The third-order valence-electron chi connectivity index (χ3n) is 3.81. The summed E-state index contributed by atoms with van der Waals surface area (Å²) in [5.41, 5.74) is 2.49. The summed E-state index contributed by atoms with van der Waals surface area (Å²) in [4.78, 5) is 14.2. The minimum absolute atomic E-state index is 0.131. The molecule has 0 fully saturated rings. The van der Waals surface area contributed by atoms with Gasteiger partial charge in [0.15, 0.2) is 0 Å². The quantitative estimate of drug-likeness (QED) is 0.810. The summed E-state index contributed by atoms with van der Waals surface area (Å²) in [5.74, 6) is 1.29. The van der Waals surface area contributed by atoms with Crippen molar-refractivity contribution in [1.82, 2.24) is 4.90 Å². The van der Waals surface area contributed by atoms with E-state index in [0.29, 0.717) is 23.7 Å². The van der Waals surface area contributed by atoms with Crippen LogP contribution in [0.5, 0.6) is 11.5 Å². The molecule has 0 aromatic heterocycles. The number of urea groups is 1. The summed E-state index contributed by atoms with van der Waals surface area (Å²) < 4.78 is 10.7. The SMILES string of the molecule is COc1ccccc1CN(CCO)C(=O)Nc1ccc(C)cc1OC. The summed E-state index contributed by atoms with van der Waals surface area (Å²) >= 11 is 0. The number of nitrogens with one attached hydrogen (secondary N) is 1. The molecule has 6 nitrogen and oxygen atoms in total. The average Bonchev–Trinajstić information content (AvgIpc) is 2.63. The van der Waals surface area contributed by atoms with Crippen molar-refractivity contribution in [1.29, 1.82) is 0 Å². The first-order chi connectivity index (χ1) is 12.1. The molecule has 2 aromatic carbocycles. The molecule has 134 valence electrons. The fourth-order valence-electron chi connectivity index (χ4n) is 2.51. The minimum atomic E-state index is -0.317. The summed E-state index contributed by atoms with van der Waals surface area (Å²) in [6, 6.07) is 12.7. The highest BCUT2D eigenvalue weighted by Crippen LogP contribution is 2.26. The van der Waals surface area contributed by atoms with Gasteiger partial charge in [0, 0.05) is 12.1 Å². The predicted octanol–water partition coefficient (Wildman–Crippen LogP) is 3.04. The van der Waals surface area contributed by atoms with Gasteiger partial charge in [0.1, 0.15) is 11.5 Å². The van der Waals surface area contributed by atoms with E-state index in [1.165, 1.54) is 4.90 Å². The smallest absolute Gasteiger partial charge is 0.322 e. The second kappa shape index (κ2) is 8.94. The van der Waals surface area contributed by atoms with E-state index in [1.54, 1.807) is 20.3 Å². The van der Waals surface area contributed by atoms with E-state index in [9.17, 15) is 9.90 Å². The largest absolute Gasteiger partial charge is 0.496 e. The van der Waals surface area contributed by atoms with Crippen molar-refractivity contribution in [2.24, 2.45) is 0 Å². The fraction of sp³-hybridized carbons (Fsp3) is 0.316. The standard InChI is InChI=1S/C19H24N2O4/c1-14-8-9-16(18(12-14)25-3)20-19(23)21(10-11-22)13-15-6-4-5-7-17(15)24-2/h4-9,12,22H,10-11,13H2,1-3H3,(H,20,23). The van der Waals surface area contributed by atoms with Crippen LogP contribution in [0.1, 0.15) is 11.1 Å². The zero-order chi connectivity index (χ0) is 18.2. The van der Waals surface area contributed by atoms with Crippen LogP contribution in [0.15, 0.2) is 42.5 Å². The van der Waals surface area contributed by atoms with Gasteiger partial charge in [0.05, 0.1) is 33.1 Å². The lowest BCUT2D eigenvalue weighted by Crippen LogP contribution is -2.36. The first-order valence-electron chi connectivity index (χ1n) is 8.02. The van der Waals surface area contributed by atoms with Crippen molar-refractivity contribution in [3.63, 3.8) is 0 Å². The van der Waals surface area contributed by atoms with Crippen molar-refractivity contribution in [2.75, 3.05) is 32.7 Å². The van der Waals surface area contributed by atoms with Gasteiger partial charge in [-0.25, -0.2) is 4.79 Å². The van der Waals surface area contributed by atoms with Crippen LogP contribution in [-0.2, 0) is 6.54 Å². The molecule has 0 spiro atoms. The normalized spacial score (nSPS) is 10.2. The maximum absolute atomic E-state index is 12.7. The molecule has 0 bridgehead atoms. The van der Waals surface area contributed by atoms with E-state index in [-0.39, 0.29) is 19.2 Å². The molecule has 0 heterocycles. The van der Waals surface area contributed by atoms with E-state index in [0.717, 1.165) is 11.1 Å². The lowest BCUT2D eigenvalue weighted by atomic mass is 10.2. The summed E-state index contributed by atoms with van der Waals surface area (Å²) in [6.45, 7) is 2.35. The van der Waals surface area contributed by atoms with Gasteiger partial charge in [0.25, 0.3) is 0 Å². The van der Waals surface area contributed by atoms with Crippen molar-refractivity contribution >= 4 is 11.7 Å². The summed E-state index contributed by atoms with van der Waals surface area (Å²) in [5, 5.41) is 12.2. The van der Waals surface area contributed by atoms with E-state index in [2.05, 4.69) is 5.32 Å². The first kappa shape index (κ1) is 18.6. The number of ether oxygens (including phenoxy) is 2. The third kappa shape index (κ3) is 4.87. The second-order valence-corrected chi connectivity index (χ2v) is 5.59. The van der Waals surface area contributed by atoms with Crippen LogP contribution in [0.4, 0.5) is 10.5 Å². The number of aliphatic hydroxyl groups is 1. The number of carbonyl (C=O) groups is 1. The van der Waals surface area contributed by atoms with E-state index >= 15 is 0 Å². The number of carbonyl (C=O) groups excluding carboxylic acids is 1. The number of hydrogen-bond donors (Lipinski definition) is 2. The number of nitrogens with zero attached hydrogens (tertiary/aromatic N) is 1. The Morgan fingerprint density at radius 2 is 1.84 bits per heavy atom. The van der Waals surface area contributed by atoms with Gasteiger partial charge >= 0.3 is 6.03 Å². The molecule has 0 aliphatic heterocycles. The molecule has 2 N–H and O–H groups in total. The fourth-order valence-corrected chi connectivity index (χ4v) is 2.51. The van der Waals surface area contributed by atoms with Crippen LogP contribution in [0.25, 0.3) is 0 Å². The van der Waals surface area contributed by atoms with Gasteiger partial charge < -0.3 is 24.8 Å². The van der Waals surface area contributed by atoms with Crippen LogP contribution >= 0.6 is 0 Å². The molecule has 0 atom stereocenters. The molecule has 0 saturated carbocycles. The molecule has 6 heteroatoms. The number of aliphatic hydroxyl groups excluding tert-OH is 1. The number of rotatable bonds is 7. The second-order valence-electron chi connectivity index (χ2n) is 5.59. The van der Waals surface area contributed by atoms with E-state index < -0.39 is 0 Å². The highest BCUT2D eigenvalue weighted by molar-refractivity contribution is 5.91. The number of hydrogen-bond acceptors (Lipinski definition) is 4. The Labute approximate surface area is 148 Å². The zero-order valence-corrected chi connectivity index (χ0v) is 14.8. The first-order valence-corrected chi connectivity index (χ1v) is 8.02. The monoisotopic (exact) mass is 344 g/mol. The Morgan fingerprint density at radius 3 is 2.52 bits per heavy atom. The topological polar surface area (TPSA) is 71.0 Å². The number of amides is 2. The Morgan fingerprint density at radius 1 is 1.12 bits per heavy atom. The van der Waals surface area contributed by atoms with Crippen molar-refractivity contribution < 1.29 is 19.4 Å². The Hall–Kier alpha value is -2.73. The minimum Gasteiger partial charge on any atom is -0.496 e. The van der Waals surface area contributed by atoms with Crippen molar-refractivity contribution in [2.45, 2.75) is 13.5 Å². The van der Waals surface area contributed by atoms with Crippen LogP contribution < -0.4 is 14.8 Å². The zero-order valence-electron chi connectivity index (χ0n) is 14.8. The lowest BCUT2D eigenvalue weighted by molar-refractivity contribution is 0.184. The van der Waals surface area contributed by atoms with Crippen LogP contribution in [-0.4, -0.2) is 43.4 Å². The Kier molecular flexibility index (Phi) is 6.65. The molecule has 2 amide bonds. The highest BCUT2D eigenvalue weighted by atomic mass is 16.5. The molecule has 25 heavy (non-hydrogen) atoms. The van der Waals surface area contributed by atoms with Gasteiger partial charge in [-0.1, -0.05) is 24.3 Å². The predicted molar refractivity (Wildman–Crippen MR) is 97.2 cm³/mol. The number of para-hydroxylation sites is 1. The van der Waals surface area contributed by atoms with E-state index in [4.69, 9.17) is 9.47 Å². The van der Waals surface area contributed by atoms with Crippen LogP contribution in [0.2, 0.25) is 0 Å². The molecule has 0 aliphatic rings. The molecule has 2 rings (SSSR count). The molecule has 0 unspecified atom stereocenters. The van der Waals surface area contributed by atoms with Gasteiger partial charge in [-0.3, -0.25) is 0 Å².